The van der Waals surface area contributed by atoms with E-state index in [0.29, 0.717) is 32.0 Å². The third-order valence-corrected chi connectivity index (χ3v) is 3.46. The summed E-state index contributed by atoms with van der Waals surface area (Å²) < 4.78 is 5.42. The van der Waals surface area contributed by atoms with Gasteiger partial charge in [0.1, 0.15) is 5.75 Å². The lowest BCUT2D eigenvalue weighted by Gasteiger charge is -2.15. The zero-order valence-electron chi connectivity index (χ0n) is 15.4. The minimum atomic E-state index is -0.0303. The maximum absolute atomic E-state index is 12.0. The second kappa shape index (κ2) is 13.7. The lowest BCUT2D eigenvalue weighted by atomic mass is 10.1. The number of amides is 1. The van der Waals surface area contributed by atoms with Gasteiger partial charge in [0.15, 0.2) is 5.96 Å². The molecule has 0 radical (unpaired) electrons. The minimum Gasteiger partial charge on any atom is -0.494 e. The molecule has 1 rings (SSSR count). The molecule has 0 heterocycles. The molecule has 0 saturated carbocycles. The van der Waals surface area contributed by atoms with E-state index in [1.54, 1.807) is 0 Å². The van der Waals surface area contributed by atoms with E-state index in [9.17, 15) is 4.79 Å². The Labute approximate surface area is 168 Å². The summed E-state index contributed by atoms with van der Waals surface area (Å²) in [6.45, 7) is 7.99. The number of benzene rings is 1. The summed E-state index contributed by atoms with van der Waals surface area (Å²) in [6, 6.07) is 7.76. The normalized spacial score (nSPS) is 12.0. The highest BCUT2D eigenvalue weighted by Crippen LogP contribution is 2.17. The van der Waals surface area contributed by atoms with Crippen LogP contribution in [-0.2, 0) is 4.79 Å². The molecule has 0 aliphatic rings. The number of guanidine groups is 1. The number of ether oxygens (including phenoxy) is 1. The van der Waals surface area contributed by atoms with Gasteiger partial charge in [0.2, 0.25) is 5.91 Å². The van der Waals surface area contributed by atoms with E-state index >= 15 is 0 Å². The second-order valence-corrected chi connectivity index (χ2v) is 5.59. The van der Waals surface area contributed by atoms with Crippen LogP contribution in [-0.4, -0.2) is 31.6 Å². The van der Waals surface area contributed by atoms with Crippen LogP contribution in [0.1, 0.15) is 51.6 Å². The quantitative estimate of drug-likeness (QED) is 0.216. The molecule has 0 fully saturated rings. The van der Waals surface area contributed by atoms with E-state index < -0.39 is 0 Å². The van der Waals surface area contributed by atoms with Gasteiger partial charge in [0.05, 0.1) is 12.6 Å². The Bertz CT molecular complexity index is 520. The molecule has 1 unspecified atom stereocenters. The van der Waals surface area contributed by atoms with Gasteiger partial charge in [0, 0.05) is 19.5 Å². The number of carbonyl (C=O) groups excluding carboxylic acids is 1. The first-order chi connectivity index (χ1) is 11.6. The molecule has 25 heavy (non-hydrogen) atoms. The Morgan fingerprint density at radius 1 is 1.28 bits per heavy atom. The summed E-state index contributed by atoms with van der Waals surface area (Å²) in [5.41, 5.74) is 6.75. The van der Waals surface area contributed by atoms with Gasteiger partial charge in [-0.25, -0.2) is 0 Å². The summed E-state index contributed by atoms with van der Waals surface area (Å²) in [5.74, 6) is 1.32. The summed E-state index contributed by atoms with van der Waals surface area (Å²) >= 11 is 0. The van der Waals surface area contributed by atoms with Gasteiger partial charge in [-0.05, 0) is 44.4 Å². The number of halogens is 1. The van der Waals surface area contributed by atoms with Gasteiger partial charge in [-0.15, -0.1) is 24.0 Å². The SMILES string of the molecule is CCCN=C(N)NCCCC(=O)NC(C)c1ccc(OCC)cc1.I. The first-order valence-corrected chi connectivity index (χ1v) is 8.62. The number of nitrogens with one attached hydrogen (secondary N) is 2. The van der Waals surface area contributed by atoms with Crippen LogP contribution in [0.5, 0.6) is 5.75 Å². The standard InChI is InChI=1S/C18H30N4O2.HI/c1-4-12-20-18(19)21-13-6-7-17(23)22-14(3)15-8-10-16(11-9-15)24-5-2;/h8-11,14H,4-7,12-13H2,1-3H3,(H,22,23)(H3,19,20,21);1H. The highest BCUT2D eigenvalue weighted by atomic mass is 127. The van der Waals surface area contributed by atoms with Crippen molar-refractivity contribution in [1.29, 1.82) is 0 Å². The fraction of sp³-hybridized carbons (Fsp3) is 0.556. The Morgan fingerprint density at radius 3 is 2.56 bits per heavy atom. The van der Waals surface area contributed by atoms with Crippen LogP contribution in [0.25, 0.3) is 0 Å². The first-order valence-electron chi connectivity index (χ1n) is 8.62. The molecule has 1 amide bonds. The highest BCUT2D eigenvalue weighted by molar-refractivity contribution is 14.0. The van der Waals surface area contributed by atoms with Crippen molar-refractivity contribution < 1.29 is 9.53 Å². The van der Waals surface area contributed by atoms with Crippen molar-refractivity contribution in [3.05, 3.63) is 29.8 Å². The van der Waals surface area contributed by atoms with Gasteiger partial charge in [0.25, 0.3) is 0 Å². The average Bonchev–Trinajstić information content (AvgIpc) is 2.57. The lowest BCUT2D eigenvalue weighted by Crippen LogP contribution is -2.33. The molecule has 142 valence electrons. The third kappa shape index (κ3) is 10.2. The number of aliphatic imine (C=N–C) groups is 1. The summed E-state index contributed by atoms with van der Waals surface area (Å²) in [5, 5.41) is 6.01. The number of carbonyl (C=O) groups is 1. The second-order valence-electron chi connectivity index (χ2n) is 5.59. The Balaban J connectivity index is 0.00000576. The maximum Gasteiger partial charge on any atom is 0.220 e. The minimum absolute atomic E-state index is 0. The van der Waals surface area contributed by atoms with Crippen molar-refractivity contribution in [3.63, 3.8) is 0 Å². The molecule has 1 aromatic rings. The molecule has 0 aliphatic heterocycles. The van der Waals surface area contributed by atoms with Crippen LogP contribution >= 0.6 is 24.0 Å². The van der Waals surface area contributed by atoms with E-state index in [4.69, 9.17) is 10.5 Å². The predicted molar refractivity (Wildman–Crippen MR) is 114 cm³/mol. The third-order valence-electron chi connectivity index (χ3n) is 3.46. The lowest BCUT2D eigenvalue weighted by molar-refractivity contribution is -0.121. The first kappa shape index (κ1) is 23.5. The number of rotatable bonds is 10. The summed E-state index contributed by atoms with van der Waals surface area (Å²) in [7, 11) is 0. The summed E-state index contributed by atoms with van der Waals surface area (Å²) in [6.07, 6.45) is 2.13. The average molecular weight is 462 g/mol. The Morgan fingerprint density at radius 2 is 1.96 bits per heavy atom. The van der Waals surface area contributed by atoms with E-state index in [-0.39, 0.29) is 35.9 Å². The zero-order chi connectivity index (χ0) is 17.8. The molecule has 0 spiro atoms. The van der Waals surface area contributed by atoms with Gasteiger partial charge >= 0.3 is 0 Å². The van der Waals surface area contributed by atoms with Crippen molar-refractivity contribution in [2.45, 2.75) is 46.1 Å². The van der Waals surface area contributed by atoms with Gasteiger partial charge < -0.3 is 21.1 Å². The van der Waals surface area contributed by atoms with Crippen molar-refractivity contribution >= 4 is 35.8 Å². The smallest absolute Gasteiger partial charge is 0.220 e. The molecule has 0 bridgehead atoms. The largest absolute Gasteiger partial charge is 0.494 e. The van der Waals surface area contributed by atoms with E-state index in [2.05, 4.69) is 15.6 Å². The van der Waals surface area contributed by atoms with Gasteiger partial charge in [-0.2, -0.15) is 0 Å². The van der Waals surface area contributed by atoms with Crippen molar-refractivity contribution in [2.75, 3.05) is 19.7 Å². The molecule has 6 nitrogen and oxygen atoms in total. The number of hydrogen-bond donors (Lipinski definition) is 3. The van der Waals surface area contributed by atoms with Gasteiger partial charge in [-0.3, -0.25) is 9.79 Å². The number of nitrogens with two attached hydrogens (primary N) is 1. The van der Waals surface area contributed by atoms with Crippen LogP contribution in [0.4, 0.5) is 0 Å². The molecule has 0 aromatic heterocycles. The highest BCUT2D eigenvalue weighted by Gasteiger charge is 2.09. The van der Waals surface area contributed by atoms with E-state index in [1.165, 1.54) is 0 Å². The molecule has 0 aliphatic carbocycles. The molecule has 1 atom stereocenters. The van der Waals surface area contributed by atoms with E-state index in [0.717, 1.165) is 24.3 Å². The fourth-order valence-electron chi connectivity index (χ4n) is 2.17. The van der Waals surface area contributed by atoms with Crippen LogP contribution in [0.2, 0.25) is 0 Å². The number of hydrogen-bond acceptors (Lipinski definition) is 3. The molecule has 0 saturated heterocycles. The summed E-state index contributed by atoms with van der Waals surface area (Å²) in [4.78, 5) is 16.1. The van der Waals surface area contributed by atoms with Crippen molar-refractivity contribution in [1.82, 2.24) is 10.6 Å². The molecule has 1 aromatic carbocycles. The van der Waals surface area contributed by atoms with E-state index in [1.807, 2.05) is 45.0 Å². The molecule has 7 heteroatoms. The van der Waals surface area contributed by atoms with Gasteiger partial charge in [-0.1, -0.05) is 19.1 Å². The molecular formula is C18H31IN4O2. The van der Waals surface area contributed by atoms with Crippen LogP contribution in [0.15, 0.2) is 29.3 Å². The van der Waals surface area contributed by atoms with Crippen LogP contribution < -0.4 is 21.1 Å². The van der Waals surface area contributed by atoms with Crippen molar-refractivity contribution in [3.8, 4) is 5.75 Å². The zero-order valence-corrected chi connectivity index (χ0v) is 17.7. The van der Waals surface area contributed by atoms with Crippen molar-refractivity contribution in [2.24, 2.45) is 10.7 Å². The number of nitrogens with zero attached hydrogens (tertiary/aromatic N) is 1. The molecule has 4 N–H and O–H groups in total. The monoisotopic (exact) mass is 462 g/mol. The Hall–Kier alpha value is -1.51. The Kier molecular flexibility index (Phi) is 12.9. The predicted octanol–water partition coefficient (Wildman–Crippen LogP) is 2.98. The fourth-order valence-corrected chi connectivity index (χ4v) is 2.17. The van der Waals surface area contributed by atoms with Crippen LogP contribution in [0.3, 0.4) is 0 Å². The topological polar surface area (TPSA) is 88.7 Å². The molecular weight excluding hydrogens is 431 g/mol. The van der Waals surface area contributed by atoms with Crippen LogP contribution in [0, 0.1) is 0 Å². The maximum atomic E-state index is 12.0.